The average Bonchev–Trinajstić information content (AvgIpc) is 3.23. The number of hydrogen-bond donors (Lipinski definition) is 1. The average molecular weight is 517 g/mol. The molecule has 3 unspecified atom stereocenters. The maximum Gasteiger partial charge on any atom is 0.304 e. The number of benzene rings is 2. The molecule has 1 N–H and O–H groups in total. The van der Waals surface area contributed by atoms with Crippen molar-refractivity contribution in [1.82, 2.24) is 9.80 Å². The maximum absolute atomic E-state index is 13.9. The Hall–Kier alpha value is -2.57. The normalized spacial score (nSPS) is 23.6. The molecule has 6 nitrogen and oxygen atoms in total. The van der Waals surface area contributed by atoms with Crippen LogP contribution in [0.5, 0.6) is 0 Å². The third-order valence-corrected chi connectivity index (χ3v) is 7.69. The first-order valence-corrected chi connectivity index (χ1v) is 12.9. The monoisotopic (exact) mass is 516 g/mol. The van der Waals surface area contributed by atoms with Crippen molar-refractivity contribution in [3.05, 3.63) is 69.7 Å². The first-order chi connectivity index (χ1) is 16.8. The van der Waals surface area contributed by atoms with Crippen LogP contribution in [0, 0.1) is 5.92 Å². The minimum atomic E-state index is -0.999. The van der Waals surface area contributed by atoms with Gasteiger partial charge in [0.1, 0.15) is 0 Å². The fourth-order valence-electron chi connectivity index (χ4n) is 5.54. The lowest BCUT2D eigenvalue weighted by atomic mass is 9.74. The fourth-order valence-corrected chi connectivity index (χ4v) is 5.86. The van der Waals surface area contributed by atoms with Crippen LogP contribution in [-0.4, -0.2) is 51.8 Å². The maximum atomic E-state index is 13.9. The quantitative estimate of drug-likeness (QED) is 0.499. The van der Waals surface area contributed by atoms with E-state index in [1.54, 1.807) is 6.07 Å². The van der Waals surface area contributed by atoms with Gasteiger partial charge < -0.3 is 14.9 Å². The van der Waals surface area contributed by atoms with Gasteiger partial charge in [0.15, 0.2) is 0 Å². The van der Waals surface area contributed by atoms with Crippen LogP contribution in [0.1, 0.15) is 62.1 Å². The van der Waals surface area contributed by atoms with Crippen molar-refractivity contribution in [1.29, 1.82) is 0 Å². The van der Waals surface area contributed by atoms with Crippen LogP contribution in [0.3, 0.4) is 0 Å². The number of amides is 2. The minimum absolute atomic E-state index is 0.101. The number of nitrogens with zero attached hydrogens (tertiary/aromatic N) is 2. The highest BCUT2D eigenvalue weighted by molar-refractivity contribution is 6.30. The summed E-state index contributed by atoms with van der Waals surface area (Å²) in [7, 11) is 0. The van der Waals surface area contributed by atoms with Crippen LogP contribution in [-0.2, 0) is 14.4 Å². The van der Waals surface area contributed by atoms with Gasteiger partial charge in [-0.3, -0.25) is 14.4 Å². The number of aliphatic carboxylic acids is 1. The highest BCUT2D eigenvalue weighted by atomic mass is 35.5. The van der Waals surface area contributed by atoms with Crippen molar-refractivity contribution < 1.29 is 19.5 Å². The lowest BCUT2D eigenvalue weighted by molar-refractivity contribution is -0.153. The number of carbonyl (C=O) groups is 3. The van der Waals surface area contributed by atoms with Gasteiger partial charge in [0.05, 0.1) is 12.5 Å². The number of carbonyl (C=O) groups excluding carboxylic acids is 2. The molecule has 0 aromatic heterocycles. The Bertz CT molecular complexity index is 1090. The van der Waals surface area contributed by atoms with Gasteiger partial charge in [-0.05, 0) is 54.7 Å². The highest BCUT2D eigenvalue weighted by Crippen LogP contribution is 2.47. The lowest BCUT2D eigenvalue weighted by Crippen LogP contribution is -2.55. The van der Waals surface area contributed by atoms with E-state index in [1.165, 1.54) is 0 Å². The van der Waals surface area contributed by atoms with Crippen LogP contribution in [0.4, 0.5) is 0 Å². The predicted molar refractivity (Wildman–Crippen MR) is 135 cm³/mol. The van der Waals surface area contributed by atoms with Gasteiger partial charge in [0.2, 0.25) is 11.8 Å². The standard InChI is InChI=1S/C27H30Cl2N2O4/c1-2-22(16-30-12-4-7-24(30)32)31-26(17-8-10-20(28)11-9-17)23(18-5-3-6-21(29)13-18)14-19(27(31)35)15-25(33)34/h3,5-6,8-11,13,19,22-23,26H,2,4,7,12,14-16H2,1H3,(H,33,34)/t19?,22?,23?,26-/m0/s1. The number of halogens is 2. The Balaban J connectivity index is 1.82. The van der Waals surface area contributed by atoms with E-state index in [0.717, 1.165) is 17.5 Å². The number of rotatable bonds is 8. The van der Waals surface area contributed by atoms with Gasteiger partial charge in [-0.2, -0.15) is 0 Å². The molecule has 2 aromatic carbocycles. The molecule has 0 spiro atoms. The molecule has 0 bridgehead atoms. The Kier molecular flexibility index (Phi) is 8.02. The molecule has 2 aromatic rings. The summed E-state index contributed by atoms with van der Waals surface area (Å²) in [6, 6.07) is 14.4. The molecule has 2 aliphatic rings. The van der Waals surface area contributed by atoms with Crippen molar-refractivity contribution in [2.75, 3.05) is 13.1 Å². The first-order valence-electron chi connectivity index (χ1n) is 12.1. The molecule has 4 rings (SSSR count). The third kappa shape index (κ3) is 5.65. The van der Waals surface area contributed by atoms with E-state index in [0.29, 0.717) is 42.4 Å². The van der Waals surface area contributed by atoms with Gasteiger partial charge >= 0.3 is 5.97 Å². The molecule has 2 saturated heterocycles. The van der Waals surface area contributed by atoms with Crippen LogP contribution < -0.4 is 0 Å². The molecular formula is C27H30Cl2N2O4. The van der Waals surface area contributed by atoms with E-state index in [4.69, 9.17) is 23.2 Å². The van der Waals surface area contributed by atoms with E-state index >= 15 is 0 Å². The Labute approximate surface area is 215 Å². The van der Waals surface area contributed by atoms with E-state index in [9.17, 15) is 19.5 Å². The largest absolute Gasteiger partial charge is 0.481 e. The number of likely N-dealkylation sites (tertiary alicyclic amines) is 2. The molecule has 0 radical (unpaired) electrons. The third-order valence-electron chi connectivity index (χ3n) is 7.20. The minimum Gasteiger partial charge on any atom is -0.481 e. The van der Waals surface area contributed by atoms with Crippen molar-refractivity contribution >= 4 is 41.0 Å². The zero-order valence-electron chi connectivity index (χ0n) is 19.7. The molecule has 2 amide bonds. The molecule has 35 heavy (non-hydrogen) atoms. The zero-order valence-corrected chi connectivity index (χ0v) is 21.2. The van der Waals surface area contributed by atoms with Crippen LogP contribution in [0.15, 0.2) is 48.5 Å². The summed E-state index contributed by atoms with van der Waals surface area (Å²) in [5.41, 5.74) is 1.88. The van der Waals surface area contributed by atoms with Gasteiger partial charge in [0, 0.05) is 47.4 Å². The Morgan fingerprint density at radius 1 is 1.09 bits per heavy atom. The molecule has 2 aliphatic heterocycles. The summed E-state index contributed by atoms with van der Waals surface area (Å²) in [6.45, 7) is 3.12. The second-order valence-electron chi connectivity index (χ2n) is 9.44. The number of hydrogen-bond acceptors (Lipinski definition) is 3. The lowest BCUT2D eigenvalue weighted by Gasteiger charge is -2.49. The second kappa shape index (κ2) is 11.0. The van der Waals surface area contributed by atoms with Crippen LogP contribution in [0.25, 0.3) is 0 Å². The SMILES string of the molecule is CCC(CN1CCCC1=O)N1C(=O)C(CC(=O)O)CC(c2cccc(Cl)c2)[C@@H]1c1ccc(Cl)cc1. The van der Waals surface area contributed by atoms with E-state index < -0.39 is 11.9 Å². The van der Waals surface area contributed by atoms with Crippen molar-refractivity contribution in [2.24, 2.45) is 5.92 Å². The van der Waals surface area contributed by atoms with Crippen molar-refractivity contribution in [3.8, 4) is 0 Å². The van der Waals surface area contributed by atoms with Gasteiger partial charge in [-0.1, -0.05) is 54.4 Å². The number of carboxylic acids is 1. The number of piperidine rings is 1. The van der Waals surface area contributed by atoms with E-state index in [2.05, 4.69) is 0 Å². The zero-order chi connectivity index (χ0) is 25.1. The Morgan fingerprint density at radius 2 is 1.83 bits per heavy atom. The van der Waals surface area contributed by atoms with Crippen molar-refractivity contribution in [3.63, 3.8) is 0 Å². The van der Waals surface area contributed by atoms with Crippen molar-refractivity contribution in [2.45, 2.75) is 57.0 Å². The van der Waals surface area contributed by atoms with Crippen LogP contribution >= 0.6 is 23.2 Å². The molecule has 0 saturated carbocycles. The molecule has 8 heteroatoms. The van der Waals surface area contributed by atoms with Crippen LogP contribution in [0.2, 0.25) is 10.0 Å². The van der Waals surface area contributed by atoms with Gasteiger partial charge in [0.25, 0.3) is 0 Å². The molecule has 186 valence electrons. The summed E-state index contributed by atoms with van der Waals surface area (Å²) >= 11 is 12.5. The van der Waals surface area contributed by atoms with Gasteiger partial charge in [-0.25, -0.2) is 0 Å². The Morgan fingerprint density at radius 3 is 2.43 bits per heavy atom. The summed E-state index contributed by atoms with van der Waals surface area (Å²) < 4.78 is 0. The highest BCUT2D eigenvalue weighted by Gasteiger charge is 2.46. The smallest absolute Gasteiger partial charge is 0.304 e. The topological polar surface area (TPSA) is 77.9 Å². The predicted octanol–water partition coefficient (Wildman–Crippen LogP) is 5.54. The first kappa shape index (κ1) is 25.5. The molecular weight excluding hydrogens is 487 g/mol. The molecule has 2 heterocycles. The summed E-state index contributed by atoms with van der Waals surface area (Å²) in [4.78, 5) is 41.7. The number of carboxylic acid groups (broad SMARTS) is 1. The van der Waals surface area contributed by atoms with E-state index in [-0.39, 0.29) is 36.2 Å². The molecule has 4 atom stereocenters. The molecule has 2 fully saturated rings. The fraction of sp³-hybridized carbons (Fsp3) is 0.444. The summed E-state index contributed by atoms with van der Waals surface area (Å²) in [6.07, 6.45) is 2.14. The summed E-state index contributed by atoms with van der Waals surface area (Å²) in [5, 5.41) is 10.8. The van der Waals surface area contributed by atoms with Gasteiger partial charge in [-0.15, -0.1) is 0 Å². The second-order valence-corrected chi connectivity index (χ2v) is 10.3. The van der Waals surface area contributed by atoms with E-state index in [1.807, 2.05) is 59.2 Å². The molecule has 0 aliphatic carbocycles. The summed E-state index contributed by atoms with van der Waals surface area (Å²) in [5.74, 6) is -1.90.